The van der Waals surface area contributed by atoms with Gasteiger partial charge in [-0.25, -0.2) is 33.6 Å². The Hall–Kier alpha value is -6.74. The van der Waals surface area contributed by atoms with E-state index in [1.165, 1.54) is 25.7 Å². The van der Waals surface area contributed by atoms with Crippen LogP contribution in [0.3, 0.4) is 0 Å². The normalized spacial score (nSPS) is 42.8. The number of alkyl halides is 14. The van der Waals surface area contributed by atoms with Gasteiger partial charge in [-0.1, -0.05) is 0 Å². The van der Waals surface area contributed by atoms with E-state index in [9.17, 15) is 128 Å². The number of methoxy groups -OCH3 is 1. The number of ketones is 1. The maximum atomic E-state index is 13.5. The van der Waals surface area contributed by atoms with Gasteiger partial charge in [0.05, 0.1) is 55.5 Å². The predicted molar refractivity (Wildman–Crippen MR) is 416 cm³/mol. The summed E-state index contributed by atoms with van der Waals surface area (Å²) < 4.78 is 256. The number of aliphatic hydroxyl groups is 1. The van der Waals surface area contributed by atoms with Crippen LogP contribution in [0.5, 0.6) is 0 Å². The Morgan fingerprint density at radius 3 is 1.22 bits per heavy atom. The van der Waals surface area contributed by atoms with E-state index in [4.69, 9.17) is 46.8 Å². The van der Waals surface area contributed by atoms with Crippen LogP contribution >= 0.6 is 0 Å². The van der Waals surface area contributed by atoms with Crippen LogP contribution in [0.25, 0.3) is 0 Å². The first-order valence-electron chi connectivity index (χ1n) is 45.7. The number of Topliss-reactive ketones (excluding diaryl/α,β-unsaturated/α-hetero) is 1. The Labute approximate surface area is 742 Å². The van der Waals surface area contributed by atoms with Gasteiger partial charge in [-0.15, -0.1) is 0 Å². The molecule has 130 heavy (non-hydrogen) atoms. The molecule has 1 N–H and O–H groups in total. The number of halogens is 14. The van der Waals surface area contributed by atoms with Crippen molar-refractivity contribution in [3.63, 3.8) is 0 Å². The Balaban J connectivity index is 0.000000119. The van der Waals surface area contributed by atoms with Gasteiger partial charge in [0, 0.05) is 112 Å². The molecule has 0 amide bonds. The SMILES string of the molecule is CC(F)(F)C(=O)OC1C2CC3C(=O)OC1C3C2.CC(F)(F)C(=O)OC1C2CC3C1OC(=O)C3C2C(=O)OC1(C)C2CC3CC(C2)CC1C3.CC(F)(F)C(=O)OC1C2CC3C1OS(=O)(=O)C3C2.CC(F)(F)C(=O)OCC12CC3CC(C1)C(=O)C(C3)C2.CC(F)(F)C(=O)OCC12CC3CC(CC(C3)C1)C2.CC(F)(F)C(=O)OCC12CC3CC(CC(O)(C3)C1)C2.COC(=O)C(C)(F)F. The molecule has 3 saturated heterocycles. The molecule has 730 valence electrons. The van der Waals surface area contributed by atoms with E-state index in [-0.39, 0.29) is 89.4 Å². The summed E-state index contributed by atoms with van der Waals surface area (Å²) in [4.78, 5) is 127. The number of esters is 10. The zero-order chi connectivity index (χ0) is 95.0. The molecule has 22 aliphatic carbocycles. The highest BCUT2D eigenvalue weighted by atomic mass is 32.2. The van der Waals surface area contributed by atoms with Gasteiger partial charge in [0.1, 0.15) is 48.0 Å². The van der Waals surface area contributed by atoms with Gasteiger partial charge in [-0.3, -0.25) is 23.4 Å². The van der Waals surface area contributed by atoms with E-state index >= 15 is 0 Å². The maximum absolute atomic E-state index is 13.5. The molecule has 0 aromatic rings. The van der Waals surface area contributed by atoms with Gasteiger partial charge >= 0.3 is 101 Å². The molecule has 3 aliphatic heterocycles. The minimum Gasteiger partial charge on any atom is -0.465 e. The van der Waals surface area contributed by atoms with E-state index in [0.717, 1.165) is 139 Å². The number of carbonyl (C=O) groups excluding carboxylic acids is 11. The number of carbonyl (C=O) groups is 11. The quantitative estimate of drug-likeness (QED) is 0.0576. The van der Waals surface area contributed by atoms with Crippen molar-refractivity contribution in [1.82, 2.24) is 0 Å². The highest BCUT2D eigenvalue weighted by Crippen LogP contribution is 2.67. The lowest BCUT2D eigenvalue weighted by molar-refractivity contribution is -0.212. The lowest BCUT2D eigenvalue weighted by Crippen LogP contribution is -2.59. The summed E-state index contributed by atoms with van der Waals surface area (Å²) in [6.45, 7) is 5.97. The number of hydrogen-bond donors (Lipinski definition) is 1. The third-order valence-corrected chi connectivity index (χ3v) is 34.9. The number of ether oxygens (including phenoxy) is 10. The first-order chi connectivity index (χ1) is 60.0. The zero-order valence-electron chi connectivity index (χ0n) is 73.8. The zero-order valence-corrected chi connectivity index (χ0v) is 74.6. The first-order valence-corrected chi connectivity index (χ1v) is 47.1. The van der Waals surface area contributed by atoms with Crippen molar-refractivity contribution in [2.45, 2.75) is 323 Å². The van der Waals surface area contributed by atoms with Crippen LogP contribution in [0.15, 0.2) is 0 Å². The van der Waals surface area contributed by atoms with Gasteiger partial charge in [-0.2, -0.15) is 69.9 Å². The number of rotatable bonds is 18. The molecule has 3 heterocycles. The van der Waals surface area contributed by atoms with Crippen molar-refractivity contribution in [2.75, 3.05) is 26.9 Å². The maximum Gasteiger partial charge on any atom is 0.377 e. The van der Waals surface area contributed by atoms with Gasteiger partial charge in [0.2, 0.25) is 0 Å². The Morgan fingerprint density at radius 2 is 0.777 bits per heavy atom. The van der Waals surface area contributed by atoms with Gasteiger partial charge in [0.25, 0.3) is 10.1 Å². The van der Waals surface area contributed by atoms with Crippen LogP contribution in [0.1, 0.15) is 229 Å². The minimum atomic E-state index is -3.65. The van der Waals surface area contributed by atoms with Crippen molar-refractivity contribution in [1.29, 1.82) is 0 Å². The molecular formula is C90H116F14O25S. The molecule has 25 fully saturated rings. The molecule has 20 atom stereocenters. The molecule has 25 aliphatic rings. The largest absolute Gasteiger partial charge is 0.465 e. The summed E-state index contributed by atoms with van der Waals surface area (Å²) in [7, 11) is -2.70. The summed E-state index contributed by atoms with van der Waals surface area (Å²) in [5.41, 5.74) is -1.65. The van der Waals surface area contributed by atoms with E-state index in [2.05, 4.69) is 4.74 Å². The molecule has 0 aromatic carbocycles. The van der Waals surface area contributed by atoms with E-state index in [1.807, 2.05) is 6.92 Å². The van der Waals surface area contributed by atoms with Crippen molar-refractivity contribution in [2.24, 2.45) is 141 Å². The highest BCUT2D eigenvalue weighted by molar-refractivity contribution is 7.87. The summed E-state index contributed by atoms with van der Waals surface area (Å²) in [5.74, 6) is -32.5. The van der Waals surface area contributed by atoms with Gasteiger partial charge in [0.15, 0.2) is 0 Å². The second-order valence-corrected chi connectivity index (χ2v) is 45.5. The van der Waals surface area contributed by atoms with Gasteiger partial charge < -0.3 is 52.5 Å². The van der Waals surface area contributed by atoms with E-state index < -0.39 is 176 Å². The number of hydrogen-bond acceptors (Lipinski definition) is 25. The molecule has 25 nitrogen and oxygen atoms in total. The Morgan fingerprint density at radius 1 is 0.400 bits per heavy atom. The summed E-state index contributed by atoms with van der Waals surface area (Å²) in [6.07, 6.45) is 20.2. The second kappa shape index (κ2) is 34.2. The van der Waals surface area contributed by atoms with Crippen LogP contribution in [0.2, 0.25) is 0 Å². The number of fused-ring (bicyclic) bond motifs is 3. The Bertz CT molecular complexity index is 4430. The molecule has 20 unspecified atom stereocenters. The standard InChI is InChI=1S/C23H28F2O6.C14H20F2O3.C14H18F2O3.C14H20F2O2.C11H12F2O4.C10H12F2O5S.C4H6F2O2/c1-22(11-4-9-3-10(6-11)7-12(22)5-9)31-20(27)16-14-8-13-15(16)19(26)29-17(13)18(14)30-21(28)23(2,24)25;1-12(15,16)11(17)19-8-13-3-9-2-10(4-13)6-14(18,5-9)7-13;1-13(15,16)12(18)19-7-14-4-8-2-9(5-14)11(17)10(3-8)6-14;1-13(15,16)12(17)18-8-14-5-9-2-10(6-14)4-11(3-9)7-14;1-11(12,13)10(15)17-7-4-2-5-6(3-4)9(14)16-8(5)7;1-10(11,12)9(13)16-7-4-2-5-6(3-4)18(14,15)17-8(5)7;1-4(5,6)3(7)8-2/h9-18H,3-8H2,1-2H3;9-10,18H,2-8H2,1H3;8-10H,2-7H2,1H3;9-11H,2-8H2,1H3;4-8H,2-3H2,1H3;4-8H,2-3H2,1H3;1-2H3. The molecule has 22 saturated carbocycles. The van der Waals surface area contributed by atoms with Crippen LogP contribution < -0.4 is 0 Å². The molecule has 0 spiro atoms. The van der Waals surface area contributed by atoms with Crippen LogP contribution in [0.4, 0.5) is 61.5 Å². The highest BCUT2D eigenvalue weighted by Gasteiger charge is 2.73. The third-order valence-electron chi connectivity index (χ3n) is 33.1. The van der Waals surface area contributed by atoms with Crippen molar-refractivity contribution in [3.8, 4) is 0 Å². The van der Waals surface area contributed by atoms with Crippen molar-refractivity contribution >= 4 is 75.6 Å². The second-order valence-electron chi connectivity index (χ2n) is 43.7. The van der Waals surface area contributed by atoms with E-state index in [1.54, 1.807) is 0 Å². The molecule has 0 aromatic heterocycles. The van der Waals surface area contributed by atoms with Crippen molar-refractivity contribution < 1.29 is 179 Å². The third kappa shape index (κ3) is 19.6. The molecule has 0 radical (unpaired) electrons. The fourth-order valence-corrected chi connectivity index (χ4v) is 31.1. The predicted octanol–water partition coefficient (Wildman–Crippen LogP) is 14.3. The van der Waals surface area contributed by atoms with Crippen LogP contribution in [0, 0.1) is 141 Å². The average Bonchev–Trinajstić information content (AvgIpc) is 1.53. The lowest BCUT2D eigenvalue weighted by atomic mass is 9.48. The average molecular weight is 1900 g/mol. The van der Waals surface area contributed by atoms with Gasteiger partial charge in [-0.05, 0) is 239 Å². The lowest BCUT2D eigenvalue weighted by Gasteiger charge is -2.59. The monoisotopic (exact) mass is 1890 g/mol. The summed E-state index contributed by atoms with van der Waals surface area (Å²) >= 11 is 0. The molecule has 40 heteroatoms. The fourth-order valence-electron chi connectivity index (χ4n) is 29.2. The summed E-state index contributed by atoms with van der Waals surface area (Å²) in [5, 5.41) is 9.95. The molecule has 25 rings (SSSR count). The Kier molecular flexibility index (Phi) is 25.7. The summed E-state index contributed by atoms with van der Waals surface area (Å²) in [6, 6.07) is 0. The smallest absolute Gasteiger partial charge is 0.377 e. The topological polar surface area (TPSA) is 344 Å². The molecule has 22 bridgehead atoms. The van der Waals surface area contributed by atoms with Crippen LogP contribution in [-0.4, -0.2) is 200 Å². The molecular weight excluding hydrogens is 1780 g/mol. The van der Waals surface area contributed by atoms with Crippen LogP contribution in [-0.2, 0) is 114 Å². The minimum absolute atomic E-state index is 0.00671. The van der Waals surface area contributed by atoms with E-state index in [0.29, 0.717) is 129 Å². The first kappa shape index (κ1) is 97.8. The van der Waals surface area contributed by atoms with Crippen molar-refractivity contribution in [3.05, 3.63) is 0 Å². The fraction of sp³-hybridized carbons (Fsp3) is 0.878.